The predicted molar refractivity (Wildman–Crippen MR) is 146 cm³/mol. The van der Waals surface area contributed by atoms with Gasteiger partial charge in [-0.05, 0) is 74.6 Å². The number of carbonyl (C=O) groups excluding carboxylic acids is 3. The van der Waals surface area contributed by atoms with Crippen LogP contribution in [-0.4, -0.2) is 48.6 Å². The molecule has 2 aromatic rings. The highest BCUT2D eigenvalue weighted by molar-refractivity contribution is 5.99. The largest absolute Gasteiger partial charge is 0.497 e. The number of anilines is 1. The maximum absolute atomic E-state index is 13.7. The van der Waals surface area contributed by atoms with E-state index < -0.39 is 35.6 Å². The lowest BCUT2D eigenvalue weighted by molar-refractivity contribution is -0.139. The summed E-state index contributed by atoms with van der Waals surface area (Å²) in [4.78, 5) is 41.2. The van der Waals surface area contributed by atoms with Crippen molar-refractivity contribution in [3.63, 3.8) is 0 Å². The maximum Gasteiger partial charge on any atom is 0.408 e. The van der Waals surface area contributed by atoms with Crippen LogP contribution in [0.15, 0.2) is 55.1 Å². The van der Waals surface area contributed by atoms with Crippen LogP contribution >= 0.6 is 0 Å². The van der Waals surface area contributed by atoms with Gasteiger partial charge in [-0.1, -0.05) is 44.7 Å². The third-order valence-corrected chi connectivity index (χ3v) is 5.50. The molecule has 2 unspecified atom stereocenters. The molecule has 0 radical (unpaired) electrons. The number of nitrogens with zero attached hydrogens (tertiary/aromatic N) is 1. The molecule has 2 N–H and O–H groups in total. The molecule has 8 nitrogen and oxygen atoms in total. The first-order valence-electron chi connectivity index (χ1n) is 12.3. The van der Waals surface area contributed by atoms with E-state index in [9.17, 15) is 14.4 Å². The molecule has 37 heavy (non-hydrogen) atoms. The van der Waals surface area contributed by atoms with Gasteiger partial charge in [0.2, 0.25) is 5.91 Å². The number of benzene rings is 2. The maximum atomic E-state index is 13.7. The molecule has 200 valence electrons. The highest BCUT2D eigenvalue weighted by atomic mass is 16.6. The second kappa shape index (κ2) is 12.9. The van der Waals surface area contributed by atoms with E-state index in [0.717, 1.165) is 5.56 Å². The second-order valence-electron chi connectivity index (χ2n) is 10.3. The summed E-state index contributed by atoms with van der Waals surface area (Å²) < 4.78 is 10.6. The first kappa shape index (κ1) is 29.4. The van der Waals surface area contributed by atoms with Gasteiger partial charge in [-0.25, -0.2) is 4.79 Å². The number of hydrogen-bond donors (Lipinski definition) is 2. The molecule has 0 aliphatic rings. The Morgan fingerprint density at radius 1 is 1.08 bits per heavy atom. The lowest BCUT2D eigenvalue weighted by Gasteiger charge is -2.32. The van der Waals surface area contributed by atoms with Crippen LogP contribution in [0.25, 0.3) is 6.08 Å². The predicted octanol–water partition coefficient (Wildman–Crippen LogP) is 5.42. The van der Waals surface area contributed by atoms with Gasteiger partial charge in [-0.3, -0.25) is 9.59 Å². The van der Waals surface area contributed by atoms with Crippen molar-refractivity contribution in [2.45, 2.75) is 58.7 Å². The van der Waals surface area contributed by atoms with E-state index in [1.165, 1.54) is 4.90 Å². The van der Waals surface area contributed by atoms with Gasteiger partial charge in [0.25, 0.3) is 5.91 Å². The first-order chi connectivity index (χ1) is 17.3. The zero-order chi connectivity index (χ0) is 27.8. The van der Waals surface area contributed by atoms with Crippen LogP contribution in [0.3, 0.4) is 0 Å². The average molecular weight is 510 g/mol. The van der Waals surface area contributed by atoms with Crippen molar-refractivity contribution in [2.75, 3.05) is 19.5 Å². The molecule has 0 aliphatic heterocycles. The molecule has 0 spiro atoms. The van der Waals surface area contributed by atoms with Crippen molar-refractivity contribution in [3.8, 4) is 5.75 Å². The number of carbonyl (C=O) groups is 3. The normalized spacial score (nSPS) is 12.8. The van der Waals surface area contributed by atoms with E-state index in [1.54, 1.807) is 71.3 Å². The summed E-state index contributed by atoms with van der Waals surface area (Å²) in [5.74, 6) is -0.0422. The molecule has 0 bridgehead atoms. The Hall–Kier alpha value is -3.81. The van der Waals surface area contributed by atoms with Crippen LogP contribution < -0.4 is 15.4 Å². The van der Waals surface area contributed by atoms with Crippen LogP contribution in [0.2, 0.25) is 0 Å². The summed E-state index contributed by atoms with van der Waals surface area (Å²) in [7, 11) is 3.13. The minimum atomic E-state index is -0.968. The van der Waals surface area contributed by atoms with Gasteiger partial charge in [0.15, 0.2) is 0 Å². The van der Waals surface area contributed by atoms with Crippen LogP contribution in [0.1, 0.15) is 58.2 Å². The van der Waals surface area contributed by atoms with E-state index in [1.807, 2.05) is 32.0 Å². The molecule has 2 rings (SSSR count). The zero-order valence-corrected chi connectivity index (χ0v) is 22.8. The fourth-order valence-electron chi connectivity index (χ4n) is 3.81. The molecule has 0 aliphatic carbocycles. The molecule has 3 amide bonds. The molecule has 2 atom stereocenters. The fourth-order valence-corrected chi connectivity index (χ4v) is 3.81. The number of alkyl carbamates (subject to hydrolysis) is 1. The number of hydrogen-bond acceptors (Lipinski definition) is 5. The summed E-state index contributed by atoms with van der Waals surface area (Å²) in [5, 5.41) is 5.59. The standard InChI is InChI=1S/C29H39N3O5/c1-9-20-11-10-12-21(18-20)25(26(33)30-22-13-15-23(36-8)16-14-22)32(7)27(34)24(17-19(2)3)31-28(35)37-29(4,5)6/h9-16,18-19,24-25H,1,17H2,2-8H3,(H,30,33)(H,31,35). The number of ether oxygens (including phenoxy) is 2. The topological polar surface area (TPSA) is 97.0 Å². The molecule has 0 heterocycles. The van der Waals surface area contributed by atoms with Crippen LogP contribution in [0.4, 0.5) is 10.5 Å². The van der Waals surface area contributed by atoms with Gasteiger partial charge in [0.05, 0.1) is 7.11 Å². The molecule has 0 fully saturated rings. The van der Waals surface area contributed by atoms with E-state index in [4.69, 9.17) is 9.47 Å². The van der Waals surface area contributed by atoms with E-state index in [2.05, 4.69) is 17.2 Å². The van der Waals surface area contributed by atoms with Crippen molar-refractivity contribution in [1.82, 2.24) is 10.2 Å². The zero-order valence-electron chi connectivity index (χ0n) is 22.8. The molecular weight excluding hydrogens is 470 g/mol. The number of likely N-dealkylation sites (N-methyl/N-ethyl adjacent to an activating group) is 1. The Labute approximate surface area is 220 Å². The fraction of sp³-hybridized carbons (Fsp3) is 0.414. The Balaban J connectivity index is 2.40. The summed E-state index contributed by atoms with van der Waals surface area (Å²) in [6.07, 6.45) is 1.37. The average Bonchev–Trinajstić information content (AvgIpc) is 2.82. The lowest BCUT2D eigenvalue weighted by Crippen LogP contribution is -2.51. The minimum Gasteiger partial charge on any atom is -0.497 e. The van der Waals surface area contributed by atoms with Gasteiger partial charge >= 0.3 is 6.09 Å². The Morgan fingerprint density at radius 2 is 1.73 bits per heavy atom. The summed E-state index contributed by atoms with van der Waals surface area (Å²) in [6, 6.07) is 12.3. The highest BCUT2D eigenvalue weighted by Crippen LogP contribution is 2.26. The SMILES string of the molecule is C=Cc1cccc(C(C(=O)Nc2ccc(OC)cc2)N(C)C(=O)C(CC(C)C)NC(=O)OC(C)(C)C)c1. The summed E-state index contributed by atoms with van der Waals surface area (Å²) >= 11 is 0. The second-order valence-corrected chi connectivity index (χ2v) is 10.3. The van der Waals surface area contributed by atoms with Crippen LogP contribution in [0.5, 0.6) is 5.75 Å². The molecule has 0 saturated carbocycles. The number of amides is 3. The smallest absolute Gasteiger partial charge is 0.408 e. The first-order valence-corrected chi connectivity index (χ1v) is 12.3. The Bertz CT molecular complexity index is 1090. The Morgan fingerprint density at radius 3 is 2.27 bits per heavy atom. The van der Waals surface area contributed by atoms with Crippen molar-refractivity contribution in [1.29, 1.82) is 0 Å². The van der Waals surface area contributed by atoms with E-state index >= 15 is 0 Å². The molecule has 0 saturated heterocycles. The van der Waals surface area contributed by atoms with E-state index in [0.29, 0.717) is 23.4 Å². The van der Waals surface area contributed by atoms with Gasteiger partial charge in [-0.15, -0.1) is 0 Å². The number of rotatable bonds is 10. The van der Waals surface area contributed by atoms with Gasteiger partial charge in [-0.2, -0.15) is 0 Å². The third kappa shape index (κ3) is 8.97. The number of nitrogens with one attached hydrogen (secondary N) is 2. The summed E-state index contributed by atoms with van der Waals surface area (Å²) in [5.41, 5.74) is 1.26. The van der Waals surface area contributed by atoms with Gasteiger partial charge < -0.3 is 25.0 Å². The van der Waals surface area contributed by atoms with Crippen molar-refractivity contribution in [2.24, 2.45) is 5.92 Å². The van der Waals surface area contributed by atoms with Gasteiger partial charge in [0.1, 0.15) is 23.4 Å². The van der Waals surface area contributed by atoms with Crippen molar-refractivity contribution >= 4 is 29.7 Å². The summed E-state index contributed by atoms with van der Waals surface area (Å²) in [6.45, 7) is 13.0. The van der Waals surface area contributed by atoms with Crippen LogP contribution in [0, 0.1) is 5.92 Å². The van der Waals surface area contributed by atoms with Crippen molar-refractivity contribution in [3.05, 3.63) is 66.2 Å². The monoisotopic (exact) mass is 509 g/mol. The van der Waals surface area contributed by atoms with Crippen LogP contribution in [-0.2, 0) is 14.3 Å². The van der Waals surface area contributed by atoms with Gasteiger partial charge in [0, 0.05) is 12.7 Å². The number of methoxy groups -OCH3 is 1. The Kier molecular flexibility index (Phi) is 10.3. The minimum absolute atomic E-state index is 0.105. The van der Waals surface area contributed by atoms with Crippen molar-refractivity contribution < 1.29 is 23.9 Å². The molecular formula is C29H39N3O5. The molecule has 8 heteroatoms. The van der Waals surface area contributed by atoms with E-state index in [-0.39, 0.29) is 5.92 Å². The molecule has 0 aromatic heterocycles. The molecule has 2 aromatic carbocycles. The quantitative estimate of drug-likeness (QED) is 0.446. The lowest BCUT2D eigenvalue weighted by atomic mass is 9.98. The third-order valence-electron chi connectivity index (χ3n) is 5.50. The highest BCUT2D eigenvalue weighted by Gasteiger charge is 2.34.